The minimum absolute atomic E-state index is 0.221. The van der Waals surface area contributed by atoms with Gasteiger partial charge in [0.25, 0.3) is 0 Å². The summed E-state index contributed by atoms with van der Waals surface area (Å²) in [4.78, 5) is 8.38. The van der Waals surface area contributed by atoms with Gasteiger partial charge in [0.1, 0.15) is 0 Å². The van der Waals surface area contributed by atoms with Crippen LogP contribution in [0.15, 0.2) is 48.7 Å². The number of rotatable bonds is 3. The Hall–Kier alpha value is -3.02. The highest BCUT2D eigenvalue weighted by molar-refractivity contribution is 5.78. The molecule has 0 aliphatic rings. The molecule has 0 saturated heterocycles. The van der Waals surface area contributed by atoms with E-state index in [1.54, 1.807) is 19.4 Å². The molecule has 0 atom stereocenters. The van der Waals surface area contributed by atoms with Crippen molar-refractivity contribution >= 4 is 5.95 Å². The number of nitrogens with zero attached hydrogens (tertiary/aromatic N) is 4. The van der Waals surface area contributed by atoms with Crippen LogP contribution in [0.4, 0.5) is 5.95 Å². The van der Waals surface area contributed by atoms with E-state index in [1.165, 1.54) is 0 Å². The summed E-state index contributed by atoms with van der Waals surface area (Å²) < 4.78 is 5.01. The summed E-state index contributed by atoms with van der Waals surface area (Å²) in [6, 6.07) is 13.3. The molecular formula is C15H13N5O. The van der Waals surface area contributed by atoms with E-state index in [1.807, 2.05) is 36.4 Å². The Labute approximate surface area is 121 Å². The van der Waals surface area contributed by atoms with Crippen molar-refractivity contribution in [1.82, 2.24) is 20.2 Å². The SMILES string of the molecule is COc1ccc(-c2cnc(N)nc2-c2ccccc2)nn1. The van der Waals surface area contributed by atoms with Crippen molar-refractivity contribution < 1.29 is 4.74 Å². The summed E-state index contributed by atoms with van der Waals surface area (Å²) in [6.45, 7) is 0. The van der Waals surface area contributed by atoms with Crippen molar-refractivity contribution in [3.8, 4) is 28.4 Å². The fourth-order valence-corrected chi connectivity index (χ4v) is 1.97. The molecule has 3 rings (SSSR count). The molecule has 0 radical (unpaired) electrons. The minimum Gasteiger partial charge on any atom is -0.480 e. The molecule has 0 amide bonds. The molecule has 6 heteroatoms. The summed E-state index contributed by atoms with van der Waals surface area (Å²) >= 11 is 0. The van der Waals surface area contributed by atoms with E-state index in [2.05, 4.69) is 20.2 Å². The van der Waals surface area contributed by atoms with Gasteiger partial charge in [-0.3, -0.25) is 0 Å². The lowest BCUT2D eigenvalue weighted by atomic mass is 10.0. The molecule has 3 aromatic rings. The van der Waals surface area contributed by atoms with Crippen LogP contribution in [0, 0.1) is 0 Å². The van der Waals surface area contributed by atoms with Gasteiger partial charge in [0, 0.05) is 23.4 Å². The molecule has 0 fully saturated rings. The Morgan fingerprint density at radius 1 is 1.00 bits per heavy atom. The van der Waals surface area contributed by atoms with Crippen LogP contribution in [0.2, 0.25) is 0 Å². The van der Waals surface area contributed by atoms with E-state index < -0.39 is 0 Å². The molecule has 1 aromatic carbocycles. The maximum atomic E-state index is 5.71. The topological polar surface area (TPSA) is 86.8 Å². The van der Waals surface area contributed by atoms with Gasteiger partial charge in [-0.05, 0) is 6.07 Å². The number of nitrogens with two attached hydrogens (primary N) is 1. The van der Waals surface area contributed by atoms with Crippen molar-refractivity contribution in [1.29, 1.82) is 0 Å². The maximum absolute atomic E-state index is 5.71. The number of ether oxygens (including phenoxy) is 1. The lowest BCUT2D eigenvalue weighted by Crippen LogP contribution is -2.00. The molecule has 0 aliphatic carbocycles. The van der Waals surface area contributed by atoms with Crippen molar-refractivity contribution in [2.45, 2.75) is 0 Å². The van der Waals surface area contributed by atoms with E-state index in [-0.39, 0.29) is 5.95 Å². The predicted octanol–water partition coefficient (Wildman–Crippen LogP) is 2.19. The number of hydrogen-bond acceptors (Lipinski definition) is 6. The maximum Gasteiger partial charge on any atom is 0.233 e. The predicted molar refractivity (Wildman–Crippen MR) is 79.5 cm³/mol. The van der Waals surface area contributed by atoms with Gasteiger partial charge in [0.05, 0.1) is 18.5 Å². The smallest absolute Gasteiger partial charge is 0.233 e. The minimum atomic E-state index is 0.221. The number of benzene rings is 1. The zero-order valence-corrected chi connectivity index (χ0v) is 11.4. The van der Waals surface area contributed by atoms with Crippen LogP contribution in [0.5, 0.6) is 5.88 Å². The average Bonchev–Trinajstić information content (AvgIpc) is 2.56. The fourth-order valence-electron chi connectivity index (χ4n) is 1.97. The number of methoxy groups -OCH3 is 1. The molecule has 0 saturated carbocycles. The van der Waals surface area contributed by atoms with Crippen molar-refractivity contribution in [3.05, 3.63) is 48.7 Å². The highest BCUT2D eigenvalue weighted by atomic mass is 16.5. The lowest BCUT2D eigenvalue weighted by Gasteiger charge is -2.08. The van der Waals surface area contributed by atoms with Gasteiger partial charge < -0.3 is 10.5 Å². The zero-order chi connectivity index (χ0) is 14.7. The molecule has 0 spiro atoms. The molecular weight excluding hydrogens is 266 g/mol. The van der Waals surface area contributed by atoms with E-state index in [4.69, 9.17) is 10.5 Å². The molecule has 2 aromatic heterocycles. The molecule has 6 nitrogen and oxygen atoms in total. The average molecular weight is 279 g/mol. The third-order valence-electron chi connectivity index (χ3n) is 2.98. The van der Waals surface area contributed by atoms with Crippen molar-refractivity contribution in [3.63, 3.8) is 0 Å². The Bertz CT molecular complexity index is 744. The summed E-state index contributed by atoms with van der Waals surface area (Å²) in [7, 11) is 1.55. The summed E-state index contributed by atoms with van der Waals surface area (Å²) in [5.41, 5.74) is 8.81. The van der Waals surface area contributed by atoms with Gasteiger partial charge in [-0.25, -0.2) is 9.97 Å². The van der Waals surface area contributed by atoms with Crippen LogP contribution < -0.4 is 10.5 Å². The zero-order valence-electron chi connectivity index (χ0n) is 11.4. The molecule has 21 heavy (non-hydrogen) atoms. The highest BCUT2D eigenvalue weighted by Gasteiger charge is 2.12. The number of nitrogen functional groups attached to an aromatic ring is 1. The molecule has 2 N–H and O–H groups in total. The Kier molecular flexibility index (Phi) is 3.42. The Balaban J connectivity index is 2.13. The molecule has 0 bridgehead atoms. The molecule has 0 aliphatic heterocycles. The normalized spacial score (nSPS) is 10.3. The van der Waals surface area contributed by atoms with Gasteiger partial charge >= 0.3 is 0 Å². The first-order chi connectivity index (χ1) is 10.3. The van der Waals surface area contributed by atoms with Crippen LogP contribution in [-0.2, 0) is 0 Å². The largest absolute Gasteiger partial charge is 0.480 e. The molecule has 0 unspecified atom stereocenters. The van der Waals surface area contributed by atoms with Gasteiger partial charge in [-0.1, -0.05) is 30.3 Å². The second-order valence-corrected chi connectivity index (χ2v) is 4.32. The van der Waals surface area contributed by atoms with E-state index in [0.717, 1.165) is 16.8 Å². The van der Waals surface area contributed by atoms with E-state index in [9.17, 15) is 0 Å². The van der Waals surface area contributed by atoms with Crippen molar-refractivity contribution in [2.75, 3.05) is 12.8 Å². The van der Waals surface area contributed by atoms with Crippen LogP contribution in [-0.4, -0.2) is 27.3 Å². The second kappa shape index (κ2) is 5.54. The third kappa shape index (κ3) is 2.64. The summed E-state index contributed by atoms with van der Waals surface area (Å²) in [5.74, 6) is 0.676. The Morgan fingerprint density at radius 2 is 1.81 bits per heavy atom. The summed E-state index contributed by atoms with van der Waals surface area (Å²) in [6.07, 6.45) is 1.65. The standard InChI is InChI=1S/C15H13N5O/c1-21-13-8-7-12(19-20-13)11-9-17-15(16)18-14(11)10-5-3-2-4-6-10/h2-9H,1H3,(H2,16,17,18). The monoisotopic (exact) mass is 279 g/mol. The number of hydrogen-bond donors (Lipinski definition) is 1. The fraction of sp³-hybridized carbons (Fsp3) is 0.0667. The van der Waals surface area contributed by atoms with Gasteiger partial charge in [-0.15, -0.1) is 10.2 Å². The summed E-state index contributed by atoms with van der Waals surface area (Å²) in [5, 5.41) is 8.11. The van der Waals surface area contributed by atoms with E-state index >= 15 is 0 Å². The van der Waals surface area contributed by atoms with Crippen LogP contribution in [0.3, 0.4) is 0 Å². The molecule has 104 valence electrons. The first kappa shape index (κ1) is 13.0. The van der Waals surface area contributed by atoms with E-state index in [0.29, 0.717) is 11.6 Å². The van der Waals surface area contributed by atoms with Crippen LogP contribution >= 0.6 is 0 Å². The van der Waals surface area contributed by atoms with Crippen LogP contribution in [0.1, 0.15) is 0 Å². The van der Waals surface area contributed by atoms with Gasteiger partial charge in [-0.2, -0.15) is 0 Å². The van der Waals surface area contributed by atoms with Crippen LogP contribution in [0.25, 0.3) is 22.5 Å². The quantitative estimate of drug-likeness (QED) is 0.790. The highest BCUT2D eigenvalue weighted by Crippen LogP contribution is 2.29. The lowest BCUT2D eigenvalue weighted by molar-refractivity contribution is 0.392. The van der Waals surface area contributed by atoms with Gasteiger partial charge in [0.15, 0.2) is 0 Å². The van der Waals surface area contributed by atoms with Crippen molar-refractivity contribution in [2.24, 2.45) is 0 Å². The first-order valence-electron chi connectivity index (χ1n) is 6.34. The molecule has 2 heterocycles. The number of anilines is 1. The Morgan fingerprint density at radius 3 is 2.48 bits per heavy atom. The second-order valence-electron chi connectivity index (χ2n) is 4.32. The number of aromatic nitrogens is 4. The van der Waals surface area contributed by atoms with Gasteiger partial charge in [0.2, 0.25) is 11.8 Å². The third-order valence-corrected chi connectivity index (χ3v) is 2.98. The first-order valence-corrected chi connectivity index (χ1v) is 6.34.